The summed E-state index contributed by atoms with van der Waals surface area (Å²) in [5.41, 5.74) is 3.12. The van der Waals surface area contributed by atoms with Crippen molar-refractivity contribution >= 4 is 34.6 Å². The van der Waals surface area contributed by atoms with Crippen LogP contribution in [0.2, 0.25) is 0 Å². The van der Waals surface area contributed by atoms with Crippen LogP contribution in [-0.4, -0.2) is 36.9 Å². The Balaban J connectivity index is 1.51. The molecule has 1 amide bonds. The number of hydrogen-bond donors (Lipinski definition) is 2. The van der Waals surface area contributed by atoms with Gasteiger partial charge in [0.15, 0.2) is 5.11 Å². The van der Waals surface area contributed by atoms with Crippen molar-refractivity contribution in [3.8, 4) is 5.69 Å². The molecule has 36 heavy (non-hydrogen) atoms. The normalized spacial score (nSPS) is 17.0. The van der Waals surface area contributed by atoms with Crippen molar-refractivity contribution in [2.24, 2.45) is 0 Å². The fourth-order valence-corrected chi connectivity index (χ4v) is 4.68. The number of hydrogen-bond acceptors (Lipinski definition) is 5. The highest BCUT2D eigenvalue weighted by Gasteiger charge is 2.42. The molecule has 2 aromatic carbocycles. The molecule has 1 aliphatic rings. The smallest absolute Gasteiger partial charge is 0.269 e. The van der Waals surface area contributed by atoms with Crippen molar-refractivity contribution in [1.29, 1.82) is 0 Å². The molecular formula is C26H22N6O3S. The van der Waals surface area contributed by atoms with Gasteiger partial charge in [-0.05, 0) is 60.7 Å². The zero-order valence-corrected chi connectivity index (χ0v) is 19.8. The van der Waals surface area contributed by atoms with Gasteiger partial charge in [-0.3, -0.25) is 19.9 Å². The van der Waals surface area contributed by atoms with Gasteiger partial charge in [0.2, 0.25) is 5.91 Å². The van der Waals surface area contributed by atoms with Crippen LogP contribution in [0.3, 0.4) is 0 Å². The third kappa shape index (κ3) is 4.66. The van der Waals surface area contributed by atoms with Crippen LogP contribution in [0, 0.1) is 10.1 Å². The van der Waals surface area contributed by atoms with E-state index < -0.39 is 4.92 Å². The monoisotopic (exact) mass is 498 g/mol. The number of carbonyl (C=O) groups is 1. The van der Waals surface area contributed by atoms with Crippen molar-refractivity contribution < 1.29 is 9.72 Å². The van der Waals surface area contributed by atoms with Crippen molar-refractivity contribution in [3.63, 3.8) is 0 Å². The molecular weight excluding hydrogens is 476 g/mol. The lowest BCUT2D eigenvalue weighted by Gasteiger charge is -2.28. The Bertz CT molecular complexity index is 1390. The average molecular weight is 499 g/mol. The van der Waals surface area contributed by atoms with Gasteiger partial charge in [-0.2, -0.15) is 0 Å². The van der Waals surface area contributed by atoms with Gasteiger partial charge in [-0.25, -0.2) is 0 Å². The number of nitrogens with zero attached hydrogens (tertiary/aromatic N) is 4. The van der Waals surface area contributed by atoms with Crippen LogP contribution in [0.15, 0.2) is 97.3 Å². The lowest BCUT2D eigenvalue weighted by Crippen LogP contribution is -2.37. The zero-order chi connectivity index (χ0) is 25.1. The minimum atomic E-state index is -0.427. The van der Waals surface area contributed by atoms with Gasteiger partial charge in [0.25, 0.3) is 5.69 Å². The Hall–Kier alpha value is -4.57. The summed E-state index contributed by atoms with van der Waals surface area (Å²) < 4.78 is 1.95. The van der Waals surface area contributed by atoms with Crippen LogP contribution >= 0.6 is 12.2 Å². The van der Waals surface area contributed by atoms with E-state index in [0.717, 1.165) is 17.1 Å². The Kier molecular flexibility index (Phi) is 6.42. The standard InChI is InChI=1S/C26H22N6O3S/c33-23(28-18-7-2-1-3-8-18)17-31-25(24(29-26(31)36)21-9-4-5-15-27-21)22-10-6-16-30(22)19-11-13-20(14-12-19)32(34)35/h1-16,24-25H,17H2,(H,28,33)(H,29,36). The highest BCUT2D eigenvalue weighted by atomic mass is 32.1. The van der Waals surface area contributed by atoms with Crippen LogP contribution in [0.1, 0.15) is 23.5 Å². The maximum atomic E-state index is 13.0. The van der Waals surface area contributed by atoms with Gasteiger partial charge in [-0.15, -0.1) is 0 Å². The summed E-state index contributed by atoms with van der Waals surface area (Å²) in [7, 11) is 0. The number of pyridine rings is 1. The molecule has 0 aliphatic carbocycles. The number of aromatic nitrogens is 2. The molecule has 4 aromatic rings. The number of benzene rings is 2. The van der Waals surface area contributed by atoms with E-state index in [2.05, 4.69) is 15.6 Å². The van der Waals surface area contributed by atoms with E-state index in [4.69, 9.17) is 12.2 Å². The van der Waals surface area contributed by atoms with Gasteiger partial charge in [0, 0.05) is 41.6 Å². The van der Waals surface area contributed by atoms with Crippen LogP contribution in [0.4, 0.5) is 11.4 Å². The second-order valence-corrected chi connectivity index (χ2v) is 8.63. The van der Waals surface area contributed by atoms with E-state index in [9.17, 15) is 14.9 Å². The molecule has 1 saturated heterocycles. The molecule has 3 heterocycles. The topological polar surface area (TPSA) is 105 Å². The third-order valence-electron chi connectivity index (χ3n) is 5.99. The number of para-hydroxylation sites is 1. The first-order valence-electron chi connectivity index (χ1n) is 11.3. The minimum Gasteiger partial charge on any atom is -0.352 e. The van der Waals surface area contributed by atoms with E-state index in [1.165, 1.54) is 12.1 Å². The van der Waals surface area contributed by atoms with E-state index in [1.807, 2.05) is 76.3 Å². The summed E-state index contributed by atoms with van der Waals surface area (Å²) in [6.45, 7) is 0.0279. The lowest BCUT2D eigenvalue weighted by atomic mass is 10.0. The highest BCUT2D eigenvalue weighted by molar-refractivity contribution is 7.80. The Morgan fingerprint density at radius 2 is 1.78 bits per heavy atom. The van der Waals surface area contributed by atoms with Gasteiger partial charge in [0.1, 0.15) is 6.54 Å². The predicted molar refractivity (Wildman–Crippen MR) is 140 cm³/mol. The van der Waals surface area contributed by atoms with E-state index in [0.29, 0.717) is 10.8 Å². The molecule has 10 heteroatoms. The largest absolute Gasteiger partial charge is 0.352 e. The first kappa shape index (κ1) is 23.2. The second-order valence-electron chi connectivity index (χ2n) is 8.25. The fraction of sp³-hybridized carbons (Fsp3) is 0.115. The maximum absolute atomic E-state index is 13.0. The molecule has 180 valence electrons. The van der Waals surface area contributed by atoms with Crippen LogP contribution < -0.4 is 10.6 Å². The summed E-state index contributed by atoms with van der Waals surface area (Å²) >= 11 is 5.68. The SMILES string of the molecule is O=C(CN1C(=S)NC(c2ccccn2)C1c1cccn1-c1ccc([N+](=O)[O-])cc1)Nc1ccccc1. The number of carbonyl (C=O) groups excluding carboxylic acids is 1. The Labute approximate surface area is 212 Å². The van der Waals surface area contributed by atoms with Crippen LogP contribution in [0.5, 0.6) is 0 Å². The minimum absolute atomic E-state index is 0.0155. The van der Waals surface area contributed by atoms with Crippen molar-refractivity contribution in [2.45, 2.75) is 12.1 Å². The van der Waals surface area contributed by atoms with Gasteiger partial charge < -0.3 is 20.1 Å². The number of rotatable bonds is 7. The summed E-state index contributed by atoms with van der Waals surface area (Å²) in [6, 6.07) is 24.4. The van der Waals surface area contributed by atoms with Crippen LogP contribution in [-0.2, 0) is 4.79 Å². The molecule has 0 bridgehead atoms. The highest BCUT2D eigenvalue weighted by Crippen LogP contribution is 2.39. The number of nitro groups is 1. The molecule has 9 nitrogen and oxygen atoms in total. The van der Waals surface area contributed by atoms with Gasteiger partial charge >= 0.3 is 0 Å². The predicted octanol–water partition coefficient (Wildman–Crippen LogP) is 4.39. The summed E-state index contributed by atoms with van der Waals surface area (Å²) in [6.07, 6.45) is 3.60. The molecule has 0 radical (unpaired) electrons. The molecule has 5 rings (SSSR count). The maximum Gasteiger partial charge on any atom is 0.269 e. The first-order chi connectivity index (χ1) is 17.5. The molecule has 0 saturated carbocycles. The number of amides is 1. The average Bonchev–Trinajstić information content (AvgIpc) is 3.50. The number of non-ortho nitro benzene ring substituents is 1. The number of anilines is 1. The van der Waals surface area contributed by atoms with Crippen molar-refractivity contribution in [3.05, 3.63) is 119 Å². The van der Waals surface area contributed by atoms with E-state index >= 15 is 0 Å². The molecule has 2 N–H and O–H groups in total. The zero-order valence-electron chi connectivity index (χ0n) is 19.0. The molecule has 1 fully saturated rings. The summed E-state index contributed by atoms with van der Waals surface area (Å²) in [4.78, 5) is 30.1. The fourth-order valence-electron chi connectivity index (χ4n) is 4.38. The Morgan fingerprint density at radius 3 is 2.47 bits per heavy atom. The number of thiocarbonyl (C=S) groups is 1. The van der Waals surface area contributed by atoms with Gasteiger partial charge in [0.05, 0.1) is 22.7 Å². The van der Waals surface area contributed by atoms with Crippen LogP contribution in [0.25, 0.3) is 5.69 Å². The van der Waals surface area contributed by atoms with Crippen molar-refractivity contribution in [2.75, 3.05) is 11.9 Å². The third-order valence-corrected chi connectivity index (χ3v) is 6.34. The molecule has 2 unspecified atom stereocenters. The van der Waals surface area contributed by atoms with E-state index in [1.54, 1.807) is 18.3 Å². The number of nitro benzene ring substituents is 1. The molecule has 2 aromatic heterocycles. The van der Waals surface area contributed by atoms with Gasteiger partial charge in [-0.1, -0.05) is 24.3 Å². The Morgan fingerprint density at radius 1 is 1.03 bits per heavy atom. The van der Waals surface area contributed by atoms with E-state index in [-0.39, 0.29) is 30.2 Å². The number of nitrogens with one attached hydrogen (secondary N) is 2. The summed E-state index contributed by atoms with van der Waals surface area (Å²) in [5, 5.41) is 17.8. The molecule has 0 spiro atoms. The lowest BCUT2D eigenvalue weighted by molar-refractivity contribution is -0.384. The van der Waals surface area contributed by atoms with Crippen molar-refractivity contribution in [1.82, 2.24) is 19.8 Å². The summed E-state index contributed by atoms with van der Waals surface area (Å²) in [5.74, 6) is -0.203. The first-order valence-corrected chi connectivity index (χ1v) is 11.7. The molecule has 1 aliphatic heterocycles. The second kappa shape index (κ2) is 9.96. The quantitative estimate of drug-likeness (QED) is 0.221. The molecule has 2 atom stereocenters.